The van der Waals surface area contributed by atoms with Gasteiger partial charge in [-0.15, -0.1) is 0 Å². The van der Waals surface area contributed by atoms with E-state index in [2.05, 4.69) is 178 Å². The smallest absolute Gasteiger partial charge is 0.0541 e. The van der Waals surface area contributed by atoms with Crippen LogP contribution >= 0.6 is 0 Å². The molecule has 0 bridgehead atoms. The van der Waals surface area contributed by atoms with Crippen LogP contribution in [0.1, 0.15) is 48.6 Å². The first-order valence-electron chi connectivity index (χ1n) is 19.7. The van der Waals surface area contributed by atoms with E-state index in [4.69, 9.17) is 5.73 Å². The summed E-state index contributed by atoms with van der Waals surface area (Å²) in [6.07, 6.45) is 5.99. The molecule has 0 atom stereocenters. The summed E-state index contributed by atoms with van der Waals surface area (Å²) < 4.78 is 2.42. The molecule has 2 N–H and O–H groups in total. The van der Waals surface area contributed by atoms with Crippen molar-refractivity contribution in [3.8, 4) is 39.1 Å². The fraction of sp³-hybridized carbons (Fsp3) is 0.111. The molecule has 10 rings (SSSR count). The van der Waals surface area contributed by atoms with Gasteiger partial charge in [-0.1, -0.05) is 128 Å². The van der Waals surface area contributed by atoms with Crippen molar-refractivity contribution in [3.05, 3.63) is 192 Å². The highest BCUT2D eigenvalue weighted by Crippen LogP contribution is 2.53. The van der Waals surface area contributed by atoms with Gasteiger partial charge in [0, 0.05) is 27.6 Å². The summed E-state index contributed by atoms with van der Waals surface area (Å²) in [5.41, 5.74) is 24.7. The van der Waals surface area contributed by atoms with E-state index >= 15 is 0 Å². The monoisotopic (exact) mass is 720 g/mol. The minimum absolute atomic E-state index is 0.133. The minimum Gasteiger partial charge on any atom is -0.398 e. The molecule has 0 saturated heterocycles. The first-order valence-corrected chi connectivity index (χ1v) is 19.7. The third-order valence-electron chi connectivity index (χ3n) is 12.2. The van der Waals surface area contributed by atoms with Crippen molar-refractivity contribution in [2.75, 3.05) is 0 Å². The van der Waals surface area contributed by atoms with Crippen molar-refractivity contribution in [1.29, 1.82) is 0 Å². The summed E-state index contributed by atoms with van der Waals surface area (Å²) in [5.74, 6) is 0. The zero-order valence-corrected chi connectivity index (χ0v) is 32.6. The van der Waals surface area contributed by atoms with E-state index in [0.717, 1.165) is 22.5 Å². The van der Waals surface area contributed by atoms with Gasteiger partial charge in [0.1, 0.15) is 0 Å². The summed E-state index contributed by atoms with van der Waals surface area (Å²) in [6, 6.07) is 54.5. The maximum atomic E-state index is 6.64. The van der Waals surface area contributed by atoms with Crippen molar-refractivity contribution < 1.29 is 0 Å². The zero-order valence-electron chi connectivity index (χ0n) is 32.6. The summed E-state index contributed by atoms with van der Waals surface area (Å²) >= 11 is 0. The second-order valence-electron chi connectivity index (χ2n) is 16.1. The molecule has 9 aromatic rings. The fourth-order valence-corrected chi connectivity index (χ4v) is 9.45. The summed E-state index contributed by atoms with van der Waals surface area (Å²) in [7, 11) is 0. The van der Waals surface area contributed by atoms with Crippen LogP contribution in [-0.2, 0) is 5.41 Å². The third-order valence-corrected chi connectivity index (χ3v) is 12.2. The Hall–Kier alpha value is -6.64. The average molecular weight is 721 g/mol. The number of fused-ring (bicyclic) bond motifs is 8. The molecule has 1 aliphatic carbocycles. The van der Waals surface area contributed by atoms with Crippen LogP contribution in [-0.4, -0.2) is 4.57 Å². The largest absolute Gasteiger partial charge is 0.398 e. The van der Waals surface area contributed by atoms with Gasteiger partial charge in [-0.25, -0.2) is 0 Å². The molecule has 0 aliphatic heterocycles. The Balaban J connectivity index is 1.25. The molecule has 0 spiro atoms. The lowest BCUT2D eigenvalue weighted by Crippen LogP contribution is -2.14. The normalized spacial score (nSPS) is 13.7. The minimum atomic E-state index is -0.133. The van der Waals surface area contributed by atoms with Gasteiger partial charge < -0.3 is 10.3 Å². The van der Waals surface area contributed by atoms with E-state index in [1.807, 2.05) is 25.2 Å². The lowest BCUT2D eigenvalue weighted by Gasteiger charge is -2.24. The number of hydrogen-bond acceptors (Lipinski definition) is 1. The van der Waals surface area contributed by atoms with E-state index in [1.165, 1.54) is 93.4 Å². The molecule has 1 heterocycles. The summed E-state index contributed by atoms with van der Waals surface area (Å²) in [5, 5.41) is 7.56. The maximum Gasteiger partial charge on any atom is 0.0541 e. The Morgan fingerprint density at radius 2 is 1.16 bits per heavy atom. The first-order chi connectivity index (χ1) is 27.2. The predicted octanol–water partition coefficient (Wildman–Crippen LogP) is 14.2. The number of rotatable bonds is 5. The van der Waals surface area contributed by atoms with E-state index in [9.17, 15) is 0 Å². The van der Waals surface area contributed by atoms with E-state index in [1.54, 1.807) is 0 Å². The highest BCUT2D eigenvalue weighted by molar-refractivity contribution is 6.22. The lowest BCUT2D eigenvalue weighted by molar-refractivity contribution is 0.661. The molecule has 0 unspecified atom stereocenters. The van der Waals surface area contributed by atoms with Crippen molar-refractivity contribution in [2.45, 2.75) is 40.0 Å². The Kier molecular flexibility index (Phi) is 7.70. The molecule has 270 valence electrons. The molecule has 2 heteroatoms. The number of benzene rings is 8. The molecule has 8 aromatic carbocycles. The first kappa shape index (κ1) is 33.9. The van der Waals surface area contributed by atoms with Crippen molar-refractivity contribution >= 4 is 49.0 Å². The van der Waals surface area contributed by atoms with E-state index in [-0.39, 0.29) is 5.41 Å². The number of hydrogen-bond donors (Lipinski definition) is 1. The van der Waals surface area contributed by atoms with Gasteiger partial charge in [0.05, 0.1) is 11.0 Å². The van der Waals surface area contributed by atoms with Crippen LogP contribution in [0.25, 0.3) is 88.1 Å². The third kappa shape index (κ3) is 5.09. The van der Waals surface area contributed by atoms with Gasteiger partial charge in [0.15, 0.2) is 0 Å². The molecule has 0 radical (unpaired) electrons. The number of aryl methyl sites for hydroxylation is 2. The molecule has 1 aliphatic rings. The maximum absolute atomic E-state index is 6.64. The highest BCUT2D eigenvalue weighted by atomic mass is 15.0. The van der Waals surface area contributed by atoms with Gasteiger partial charge in [0.2, 0.25) is 0 Å². The quantitative estimate of drug-likeness (QED) is 0.139. The summed E-state index contributed by atoms with van der Waals surface area (Å²) in [4.78, 5) is 0. The van der Waals surface area contributed by atoms with Gasteiger partial charge in [-0.2, -0.15) is 0 Å². The molecule has 0 saturated carbocycles. The highest BCUT2D eigenvalue weighted by Gasteiger charge is 2.36. The average Bonchev–Trinajstić information content (AvgIpc) is 3.65. The SMILES string of the molecule is C/C=C\C=C(/N)c1cccc(-c2c3ccccc3c(-c3ccc(-n4c5ccc(C)cc5c5cc(C)ccc54)cc3)c3cc4c(cc23)C(C)(C)c2ccccc2-4)c1. The van der Waals surface area contributed by atoms with Crippen LogP contribution in [0, 0.1) is 13.8 Å². The Morgan fingerprint density at radius 1 is 0.536 bits per heavy atom. The number of aromatic nitrogens is 1. The lowest BCUT2D eigenvalue weighted by atomic mass is 9.79. The summed E-state index contributed by atoms with van der Waals surface area (Å²) in [6.45, 7) is 11.1. The van der Waals surface area contributed by atoms with Crippen molar-refractivity contribution in [2.24, 2.45) is 5.73 Å². The van der Waals surface area contributed by atoms with Gasteiger partial charge >= 0.3 is 0 Å². The standard InChI is InChI=1S/C54H44N2/c1-6-7-19-49(55)36-13-12-14-37(30-36)53-41-17-9-8-16-40(41)52(45-31-42-39-15-10-11-18-47(39)54(4,5)48(42)32-46(45)53)35-22-24-38(25-23-35)56-50-26-20-33(2)28-43(50)44-29-34(3)21-27-51(44)56/h6-32H,55H2,1-5H3/b7-6-,49-19-. The predicted molar refractivity (Wildman–Crippen MR) is 241 cm³/mol. The second kappa shape index (κ2) is 12.7. The van der Waals surface area contributed by atoms with Crippen LogP contribution in [0.3, 0.4) is 0 Å². The Morgan fingerprint density at radius 3 is 1.84 bits per heavy atom. The van der Waals surface area contributed by atoms with E-state index in [0.29, 0.717) is 0 Å². The van der Waals surface area contributed by atoms with Gasteiger partial charge in [0.25, 0.3) is 0 Å². The van der Waals surface area contributed by atoms with Crippen LogP contribution in [0.4, 0.5) is 0 Å². The number of allylic oxidation sites excluding steroid dienone is 3. The molecule has 0 fully saturated rings. The Labute approximate surface area is 328 Å². The van der Waals surface area contributed by atoms with Crippen LogP contribution in [0.5, 0.6) is 0 Å². The van der Waals surface area contributed by atoms with Gasteiger partial charge in [-0.3, -0.25) is 0 Å². The molecule has 2 nitrogen and oxygen atoms in total. The molecular weight excluding hydrogens is 677 g/mol. The van der Waals surface area contributed by atoms with Crippen LogP contribution in [0.15, 0.2) is 164 Å². The van der Waals surface area contributed by atoms with Crippen molar-refractivity contribution in [1.82, 2.24) is 4.57 Å². The van der Waals surface area contributed by atoms with Crippen LogP contribution < -0.4 is 5.73 Å². The van der Waals surface area contributed by atoms with Gasteiger partial charge in [-0.05, 0) is 153 Å². The van der Waals surface area contributed by atoms with E-state index < -0.39 is 0 Å². The van der Waals surface area contributed by atoms with Crippen LogP contribution in [0.2, 0.25) is 0 Å². The second-order valence-corrected chi connectivity index (χ2v) is 16.1. The molecule has 56 heavy (non-hydrogen) atoms. The number of nitrogens with two attached hydrogens (primary N) is 1. The zero-order chi connectivity index (χ0) is 38.3. The molecule has 1 aromatic heterocycles. The fourth-order valence-electron chi connectivity index (χ4n) is 9.45. The number of nitrogens with zero attached hydrogens (tertiary/aromatic N) is 1. The molecular formula is C54H44N2. The van der Waals surface area contributed by atoms with Crippen molar-refractivity contribution in [3.63, 3.8) is 0 Å². The molecule has 0 amide bonds. The Bertz CT molecular complexity index is 3070. The topological polar surface area (TPSA) is 30.9 Å².